The van der Waals surface area contributed by atoms with Crippen molar-refractivity contribution in [3.05, 3.63) is 71.3 Å². The van der Waals surface area contributed by atoms with Gasteiger partial charge in [-0.2, -0.15) is 5.26 Å². The Labute approximate surface area is 196 Å². The van der Waals surface area contributed by atoms with Gasteiger partial charge in [-0.15, -0.1) is 5.10 Å². The number of aromatic nitrogens is 3. The first-order valence-corrected chi connectivity index (χ1v) is 11.0. The van der Waals surface area contributed by atoms with Gasteiger partial charge < -0.3 is 19.7 Å². The van der Waals surface area contributed by atoms with Crippen LogP contribution >= 0.6 is 0 Å². The van der Waals surface area contributed by atoms with E-state index >= 15 is 0 Å². The first kappa shape index (κ1) is 21.3. The average molecular weight is 454 g/mol. The molecule has 0 amide bonds. The number of fused-ring (bicyclic) bond motifs is 1. The van der Waals surface area contributed by atoms with Crippen molar-refractivity contribution in [2.24, 2.45) is 0 Å². The molecule has 34 heavy (non-hydrogen) atoms. The van der Waals surface area contributed by atoms with Crippen LogP contribution in [0.5, 0.6) is 23.0 Å². The molecule has 0 atom stereocenters. The Bertz CT molecular complexity index is 1420. The predicted molar refractivity (Wildman–Crippen MR) is 125 cm³/mol. The summed E-state index contributed by atoms with van der Waals surface area (Å²) in [6.45, 7) is 3.17. The minimum Gasteiger partial charge on any atom is -0.508 e. The molecule has 0 unspecified atom stereocenters. The Morgan fingerprint density at radius 2 is 1.76 bits per heavy atom. The average Bonchev–Trinajstić information content (AvgIpc) is 3.27. The predicted octanol–water partition coefficient (Wildman–Crippen LogP) is 4.28. The summed E-state index contributed by atoms with van der Waals surface area (Å²) in [6, 6.07) is 18.2. The molecule has 170 valence electrons. The van der Waals surface area contributed by atoms with Crippen molar-refractivity contribution in [3.63, 3.8) is 0 Å². The molecule has 4 aromatic rings. The van der Waals surface area contributed by atoms with Crippen LogP contribution in [0.15, 0.2) is 54.6 Å². The van der Waals surface area contributed by atoms with E-state index in [2.05, 4.69) is 16.4 Å². The van der Waals surface area contributed by atoms with Gasteiger partial charge in [0.1, 0.15) is 30.4 Å². The minimum absolute atomic E-state index is 0.0277. The number of rotatable bonds is 5. The zero-order chi connectivity index (χ0) is 23.7. The normalized spacial score (nSPS) is 12.4. The van der Waals surface area contributed by atoms with Crippen molar-refractivity contribution in [2.75, 3.05) is 13.2 Å². The fourth-order valence-electron chi connectivity index (χ4n) is 4.11. The van der Waals surface area contributed by atoms with Gasteiger partial charge in [0.25, 0.3) is 0 Å². The molecule has 3 aromatic carbocycles. The fraction of sp³-hybridized carbons (Fsp3) is 0.192. The Hall–Kier alpha value is -4.51. The molecule has 2 heterocycles. The van der Waals surface area contributed by atoms with Crippen LogP contribution in [0.2, 0.25) is 0 Å². The molecular weight excluding hydrogens is 432 g/mol. The van der Waals surface area contributed by atoms with Crippen molar-refractivity contribution in [3.8, 4) is 51.6 Å². The topological polar surface area (TPSA) is 113 Å². The van der Waals surface area contributed by atoms with E-state index < -0.39 is 0 Å². The van der Waals surface area contributed by atoms with Gasteiger partial charge in [0.2, 0.25) is 0 Å². The number of aromatic hydroxyl groups is 2. The molecule has 2 N–H and O–H groups in total. The van der Waals surface area contributed by atoms with Crippen molar-refractivity contribution in [2.45, 2.75) is 19.9 Å². The number of hydrogen-bond donors (Lipinski definition) is 2. The number of nitrogens with zero attached hydrogens (tertiary/aromatic N) is 4. The van der Waals surface area contributed by atoms with Crippen molar-refractivity contribution >= 4 is 0 Å². The summed E-state index contributed by atoms with van der Waals surface area (Å²) in [5.74, 6) is 1.20. The summed E-state index contributed by atoms with van der Waals surface area (Å²) in [5, 5.41) is 39.2. The Morgan fingerprint density at radius 1 is 0.971 bits per heavy atom. The van der Waals surface area contributed by atoms with Crippen LogP contribution in [0.3, 0.4) is 0 Å². The quantitative estimate of drug-likeness (QED) is 0.463. The molecule has 0 spiro atoms. The van der Waals surface area contributed by atoms with Gasteiger partial charge in [0, 0.05) is 17.2 Å². The number of phenolic OH excluding ortho intramolecular Hbond substituents is 2. The molecule has 5 rings (SSSR count). The summed E-state index contributed by atoms with van der Waals surface area (Å²) in [4.78, 5) is 0. The molecule has 0 radical (unpaired) electrons. The molecule has 0 bridgehead atoms. The number of phenols is 2. The van der Waals surface area contributed by atoms with E-state index in [0.29, 0.717) is 65.8 Å². The smallest absolute Gasteiger partial charge is 0.162 e. The fourth-order valence-corrected chi connectivity index (χ4v) is 4.11. The van der Waals surface area contributed by atoms with Crippen molar-refractivity contribution in [1.82, 2.24) is 15.0 Å². The largest absolute Gasteiger partial charge is 0.508 e. The third-order valence-corrected chi connectivity index (χ3v) is 5.84. The summed E-state index contributed by atoms with van der Waals surface area (Å²) >= 11 is 0. The Balaban J connectivity index is 1.70. The molecule has 0 aliphatic carbocycles. The monoisotopic (exact) mass is 454 g/mol. The lowest BCUT2D eigenvalue weighted by molar-refractivity contribution is 0.171. The summed E-state index contributed by atoms with van der Waals surface area (Å²) in [7, 11) is 0. The number of nitriles is 1. The third kappa shape index (κ3) is 3.77. The van der Waals surface area contributed by atoms with E-state index in [1.807, 2.05) is 43.3 Å². The molecule has 8 heteroatoms. The second kappa shape index (κ2) is 8.79. The molecule has 0 fully saturated rings. The van der Waals surface area contributed by atoms with Crippen LogP contribution in [0.25, 0.3) is 22.5 Å². The molecule has 1 aliphatic heterocycles. The second-order valence-corrected chi connectivity index (χ2v) is 7.92. The SMILES string of the molecule is CCc1cc(-c2nnn(Cc3ccccc3C#N)c2-c2ccc3c(c2)OCCO3)c(O)cc1O. The maximum Gasteiger partial charge on any atom is 0.162 e. The van der Waals surface area contributed by atoms with Gasteiger partial charge in [0.05, 0.1) is 23.9 Å². The zero-order valence-corrected chi connectivity index (χ0v) is 18.5. The lowest BCUT2D eigenvalue weighted by Gasteiger charge is -2.19. The molecule has 0 saturated carbocycles. The zero-order valence-electron chi connectivity index (χ0n) is 18.5. The molecular formula is C26H22N4O4. The summed E-state index contributed by atoms with van der Waals surface area (Å²) < 4.78 is 13.1. The lowest BCUT2D eigenvalue weighted by atomic mass is 9.99. The van der Waals surface area contributed by atoms with Gasteiger partial charge in [-0.1, -0.05) is 30.3 Å². The first-order chi connectivity index (χ1) is 16.6. The summed E-state index contributed by atoms with van der Waals surface area (Å²) in [6.07, 6.45) is 0.585. The summed E-state index contributed by atoms with van der Waals surface area (Å²) in [5.41, 5.74) is 4.36. The standard InChI is InChI=1S/C26H22N4O4/c1-2-16-11-20(22(32)13-21(16)31)25-26(17-7-8-23-24(12-17)34-10-9-33-23)30(29-28-25)15-19-6-4-3-5-18(19)14-27/h3-8,11-13,31-32H,2,9-10,15H2,1H3. The van der Waals surface area contributed by atoms with Crippen LogP contribution in [-0.2, 0) is 13.0 Å². The van der Waals surface area contributed by atoms with Crippen molar-refractivity contribution in [1.29, 1.82) is 5.26 Å². The van der Waals surface area contributed by atoms with Gasteiger partial charge >= 0.3 is 0 Å². The second-order valence-electron chi connectivity index (χ2n) is 7.92. The van der Waals surface area contributed by atoms with Gasteiger partial charge in [-0.3, -0.25) is 0 Å². The number of aryl methyl sites for hydroxylation is 1. The Morgan fingerprint density at radius 3 is 2.56 bits per heavy atom. The van der Waals surface area contributed by atoms with Gasteiger partial charge in [-0.05, 0) is 47.9 Å². The highest BCUT2D eigenvalue weighted by Crippen LogP contribution is 2.41. The van der Waals surface area contributed by atoms with Crippen LogP contribution < -0.4 is 9.47 Å². The molecule has 1 aliphatic rings. The Kier molecular flexibility index (Phi) is 5.52. The van der Waals surface area contributed by atoms with Gasteiger partial charge in [0.15, 0.2) is 11.5 Å². The lowest BCUT2D eigenvalue weighted by Crippen LogP contribution is -2.15. The van der Waals surface area contributed by atoms with Gasteiger partial charge in [-0.25, -0.2) is 4.68 Å². The molecule has 8 nitrogen and oxygen atoms in total. The van der Waals surface area contributed by atoms with E-state index in [9.17, 15) is 15.5 Å². The van der Waals surface area contributed by atoms with E-state index in [0.717, 1.165) is 11.1 Å². The van der Waals surface area contributed by atoms with Crippen LogP contribution in [0.4, 0.5) is 0 Å². The molecule has 0 saturated heterocycles. The van der Waals surface area contributed by atoms with E-state index in [4.69, 9.17) is 9.47 Å². The highest BCUT2D eigenvalue weighted by atomic mass is 16.6. The van der Waals surface area contributed by atoms with E-state index in [1.54, 1.807) is 16.8 Å². The van der Waals surface area contributed by atoms with Crippen LogP contribution in [0.1, 0.15) is 23.6 Å². The third-order valence-electron chi connectivity index (χ3n) is 5.84. The number of ether oxygens (including phenoxy) is 2. The maximum absolute atomic E-state index is 10.7. The molecule has 1 aromatic heterocycles. The van der Waals surface area contributed by atoms with Crippen molar-refractivity contribution < 1.29 is 19.7 Å². The van der Waals surface area contributed by atoms with E-state index in [1.165, 1.54) is 6.07 Å². The van der Waals surface area contributed by atoms with E-state index in [-0.39, 0.29) is 11.5 Å². The highest BCUT2D eigenvalue weighted by molar-refractivity contribution is 5.83. The number of benzene rings is 3. The first-order valence-electron chi connectivity index (χ1n) is 11.0. The van der Waals surface area contributed by atoms with Crippen LogP contribution in [0, 0.1) is 11.3 Å². The maximum atomic E-state index is 10.7. The van der Waals surface area contributed by atoms with Crippen LogP contribution in [-0.4, -0.2) is 38.4 Å². The minimum atomic E-state index is -0.0991. The number of hydrogen-bond acceptors (Lipinski definition) is 7. The highest BCUT2D eigenvalue weighted by Gasteiger charge is 2.23.